The molecule has 0 spiro atoms. The van der Waals surface area contributed by atoms with Crippen molar-refractivity contribution in [2.75, 3.05) is 6.54 Å². The lowest BCUT2D eigenvalue weighted by molar-refractivity contribution is -0.122. The molecule has 1 aliphatic rings. The number of nitrogens with one attached hydrogen (secondary N) is 1. The number of amides is 1. The van der Waals surface area contributed by atoms with E-state index in [0.29, 0.717) is 13.0 Å². The van der Waals surface area contributed by atoms with E-state index < -0.39 is 16.1 Å². The molecule has 0 aromatic heterocycles. The predicted molar refractivity (Wildman–Crippen MR) is 124 cm³/mol. The number of nitrogens with zero attached hydrogens (tertiary/aromatic N) is 1. The van der Waals surface area contributed by atoms with Crippen LogP contribution < -0.4 is 5.32 Å². The van der Waals surface area contributed by atoms with Crippen LogP contribution in [0.5, 0.6) is 0 Å². The van der Waals surface area contributed by atoms with Crippen LogP contribution >= 0.6 is 15.9 Å². The van der Waals surface area contributed by atoms with Gasteiger partial charge in [0.15, 0.2) is 0 Å². The average molecular weight is 517 g/mol. The van der Waals surface area contributed by atoms with Gasteiger partial charge in [-0.05, 0) is 59.5 Å². The lowest BCUT2D eigenvalue weighted by atomic mass is 9.92. The Morgan fingerprint density at radius 2 is 1.72 bits per heavy atom. The molecule has 0 fully saturated rings. The highest BCUT2D eigenvalue weighted by Gasteiger charge is 2.37. The molecule has 0 aliphatic carbocycles. The first-order valence-corrected chi connectivity index (χ1v) is 12.4. The molecule has 1 unspecified atom stereocenters. The third-order valence-electron chi connectivity index (χ3n) is 5.57. The van der Waals surface area contributed by atoms with Crippen LogP contribution in [0.25, 0.3) is 0 Å². The molecule has 3 aromatic carbocycles. The van der Waals surface area contributed by atoms with Crippen molar-refractivity contribution in [1.82, 2.24) is 9.62 Å². The number of hydrogen-bond donors (Lipinski definition) is 1. The van der Waals surface area contributed by atoms with Crippen LogP contribution in [-0.4, -0.2) is 25.2 Å². The largest absolute Gasteiger partial charge is 0.352 e. The van der Waals surface area contributed by atoms with Gasteiger partial charge in [-0.1, -0.05) is 52.3 Å². The van der Waals surface area contributed by atoms with Gasteiger partial charge in [-0.25, -0.2) is 12.8 Å². The molecule has 1 aliphatic heterocycles. The van der Waals surface area contributed by atoms with Gasteiger partial charge in [-0.3, -0.25) is 4.79 Å². The van der Waals surface area contributed by atoms with Crippen molar-refractivity contribution >= 4 is 31.9 Å². The van der Waals surface area contributed by atoms with Crippen LogP contribution in [0, 0.1) is 5.82 Å². The van der Waals surface area contributed by atoms with Gasteiger partial charge in [-0.15, -0.1) is 0 Å². The minimum Gasteiger partial charge on any atom is -0.352 e. The minimum absolute atomic E-state index is 0.00599. The van der Waals surface area contributed by atoms with Gasteiger partial charge in [-0.2, -0.15) is 4.31 Å². The number of fused-ring (bicyclic) bond motifs is 1. The summed E-state index contributed by atoms with van der Waals surface area (Å²) >= 11 is 3.33. The summed E-state index contributed by atoms with van der Waals surface area (Å²) in [4.78, 5) is 13.0. The van der Waals surface area contributed by atoms with Crippen molar-refractivity contribution in [3.05, 3.63) is 99.8 Å². The summed E-state index contributed by atoms with van der Waals surface area (Å²) in [5.74, 6) is -0.611. The van der Waals surface area contributed by atoms with Crippen molar-refractivity contribution in [1.29, 1.82) is 0 Å². The maximum absolute atomic E-state index is 13.5. The highest BCUT2D eigenvalue weighted by Crippen LogP contribution is 2.36. The normalized spacial score (nSPS) is 16.4. The molecule has 1 N–H and O–H groups in total. The van der Waals surface area contributed by atoms with Gasteiger partial charge in [0.1, 0.15) is 5.82 Å². The minimum atomic E-state index is -3.80. The molecule has 166 valence electrons. The Labute approximate surface area is 195 Å². The van der Waals surface area contributed by atoms with Crippen molar-refractivity contribution in [3.63, 3.8) is 0 Å². The average Bonchev–Trinajstić information content (AvgIpc) is 2.79. The Hall–Kier alpha value is -2.55. The summed E-state index contributed by atoms with van der Waals surface area (Å²) in [7, 11) is -3.80. The number of carbonyl (C=O) groups is 1. The van der Waals surface area contributed by atoms with Crippen LogP contribution in [-0.2, 0) is 27.8 Å². The molecule has 1 amide bonds. The summed E-state index contributed by atoms with van der Waals surface area (Å²) in [5.41, 5.74) is 2.66. The van der Waals surface area contributed by atoms with Gasteiger partial charge in [0, 0.05) is 24.0 Å². The second-order valence-corrected chi connectivity index (χ2v) is 10.4. The van der Waals surface area contributed by atoms with E-state index in [-0.39, 0.29) is 29.6 Å². The molecule has 8 heteroatoms. The molecule has 0 bridgehead atoms. The van der Waals surface area contributed by atoms with E-state index in [1.807, 2.05) is 24.3 Å². The second kappa shape index (κ2) is 9.52. The predicted octanol–water partition coefficient (Wildman–Crippen LogP) is 4.58. The molecule has 1 heterocycles. The van der Waals surface area contributed by atoms with E-state index in [1.165, 1.54) is 16.4 Å². The topological polar surface area (TPSA) is 66.5 Å². The number of rotatable bonds is 6. The lowest BCUT2D eigenvalue weighted by Crippen LogP contribution is -2.42. The van der Waals surface area contributed by atoms with Crippen LogP contribution in [0.3, 0.4) is 0 Å². The zero-order valence-electron chi connectivity index (χ0n) is 17.2. The molecule has 3 aromatic rings. The third kappa shape index (κ3) is 4.92. The van der Waals surface area contributed by atoms with E-state index in [2.05, 4.69) is 21.2 Å². The van der Waals surface area contributed by atoms with E-state index in [4.69, 9.17) is 0 Å². The van der Waals surface area contributed by atoms with Gasteiger partial charge < -0.3 is 5.32 Å². The Morgan fingerprint density at radius 3 is 2.44 bits per heavy atom. The van der Waals surface area contributed by atoms with E-state index in [0.717, 1.165) is 21.2 Å². The zero-order chi connectivity index (χ0) is 22.7. The van der Waals surface area contributed by atoms with E-state index in [9.17, 15) is 17.6 Å². The van der Waals surface area contributed by atoms with Crippen molar-refractivity contribution in [2.24, 2.45) is 0 Å². The quantitative estimate of drug-likeness (QED) is 0.521. The third-order valence-corrected chi connectivity index (χ3v) is 8.02. The van der Waals surface area contributed by atoms with E-state index >= 15 is 0 Å². The number of hydrogen-bond acceptors (Lipinski definition) is 3. The number of sulfonamides is 1. The molecule has 1 atom stereocenters. The monoisotopic (exact) mass is 516 g/mol. The Balaban J connectivity index is 1.58. The smallest absolute Gasteiger partial charge is 0.243 e. The SMILES string of the molecule is O=C(CC1c2ccccc2CCN1S(=O)(=O)c1ccc(Br)cc1)NCc1ccc(F)cc1. The standard InChI is InChI=1S/C24H22BrFN2O3S/c25-19-7-11-21(12-8-19)32(30,31)28-14-13-18-3-1-2-4-22(18)23(28)15-24(29)27-16-17-5-9-20(26)10-6-17/h1-12,23H,13-16H2,(H,27,29). The maximum atomic E-state index is 13.5. The van der Waals surface area contributed by atoms with Gasteiger partial charge in [0.2, 0.25) is 15.9 Å². The highest BCUT2D eigenvalue weighted by atomic mass is 79.9. The van der Waals surface area contributed by atoms with Gasteiger partial charge >= 0.3 is 0 Å². The molecular formula is C24H22BrFN2O3S. The summed E-state index contributed by atoms with van der Waals surface area (Å²) in [6, 6.07) is 19.4. The molecule has 4 rings (SSSR count). The number of carbonyl (C=O) groups excluding carboxylic acids is 1. The summed E-state index contributed by atoms with van der Waals surface area (Å²) < 4.78 is 42.2. The summed E-state index contributed by atoms with van der Waals surface area (Å²) in [5, 5.41) is 2.83. The molecular weight excluding hydrogens is 495 g/mol. The fraction of sp³-hybridized carbons (Fsp3) is 0.208. The lowest BCUT2D eigenvalue weighted by Gasteiger charge is -2.36. The number of halogens is 2. The van der Waals surface area contributed by atoms with Crippen LogP contribution in [0.1, 0.15) is 29.2 Å². The Morgan fingerprint density at radius 1 is 1.03 bits per heavy atom. The fourth-order valence-corrected chi connectivity index (χ4v) is 5.79. The van der Waals surface area contributed by atoms with Crippen molar-refractivity contribution in [2.45, 2.75) is 30.3 Å². The summed E-state index contributed by atoms with van der Waals surface area (Å²) in [6.45, 7) is 0.540. The molecule has 0 saturated heterocycles. The highest BCUT2D eigenvalue weighted by molar-refractivity contribution is 9.10. The van der Waals surface area contributed by atoms with Crippen LogP contribution in [0.15, 0.2) is 82.2 Å². The second-order valence-electron chi connectivity index (χ2n) is 7.64. The zero-order valence-corrected chi connectivity index (χ0v) is 19.6. The van der Waals surface area contributed by atoms with Crippen molar-refractivity contribution < 1.29 is 17.6 Å². The van der Waals surface area contributed by atoms with Gasteiger partial charge in [0.25, 0.3) is 0 Å². The first kappa shape index (κ1) is 22.6. The Bertz CT molecular complexity index is 1210. The Kier molecular flexibility index (Phi) is 6.74. The number of benzene rings is 3. The first-order chi connectivity index (χ1) is 15.3. The molecule has 0 radical (unpaired) electrons. The van der Waals surface area contributed by atoms with E-state index in [1.54, 1.807) is 36.4 Å². The maximum Gasteiger partial charge on any atom is 0.243 e. The summed E-state index contributed by atoms with van der Waals surface area (Å²) in [6.07, 6.45) is 0.577. The molecule has 32 heavy (non-hydrogen) atoms. The first-order valence-electron chi connectivity index (χ1n) is 10.2. The molecule has 0 saturated carbocycles. The van der Waals surface area contributed by atoms with Gasteiger partial charge in [0.05, 0.1) is 10.9 Å². The molecule has 5 nitrogen and oxygen atoms in total. The van der Waals surface area contributed by atoms with Crippen molar-refractivity contribution in [3.8, 4) is 0 Å². The fourth-order valence-electron chi connectivity index (χ4n) is 3.92. The van der Waals surface area contributed by atoms with Crippen LogP contribution in [0.2, 0.25) is 0 Å². The van der Waals surface area contributed by atoms with Crippen LogP contribution in [0.4, 0.5) is 4.39 Å².